The van der Waals surface area contributed by atoms with Gasteiger partial charge in [0.1, 0.15) is 0 Å². The number of sulfonamides is 2. The van der Waals surface area contributed by atoms with E-state index >= 15 is 0 Å². The molecule has 208 valence electrons. The molecule has 0 atom stereocenters. The second-order valence-electron chi connectivity index (χ2n) is 9.34. The van der Waals surface area contributed by atoms with Gasteiger partial charge in [-0.25, -0.2) is 0 Å². The van der Waals surface area contributed by atoms with Crippen LogP contribution in [0.25, 0.3) is 0 Å². The van der Waals surface area contributed by atoms with Crippen LogP contribution in [0.4, 0.5) is 26.3 Å². The van der Waals surface area contributed by atoms with Crippen molar-refractivity contribution in [3.63, 3.8) is 0 Å². The van der Waals surface area contributed by atoms with Crippen LogP contribution in [-0.2, 0) is 24.5 Å². The van der Waals surface area contributed by atoms with E-state index in [1.165, 1.54) is 7.11 Å². The van der Waals surface area contributed by atoms with Crippen molar-refractivity contribution in [3.05, 3.63) is 0 Å². The quantitative estimate of drug-likeness (QED) is 0.129. The molecule has 0 radical (unpaired) electrons. The summed E-state index contributed by atoms with van der Waals surface area (Å²) in [4.78, 5) is 0. The summed E-state index contributed by atoms with van der Waals surface area (Å²) in [5.74, 6) is -0.417. The minimum atomic E-state index is -6.92. The number of halogens is 6. The van der Waals surface area contributed by atoms with Gasteiger partial charge in [0.05, 0.1) is 0 Å². The molecule has 0 rings (SSSR count). The minimum absolute atomic E-state index is 0.0801. The third kappa shape index (κ3) is 7.08. The van der Waals surface area contributed by atoms with Crippen LogP contribution in [0.3, 0.4) is 0 Å². The molecule has 0 fully saturated rings. The molecule has 0 aromatic rings. The summed E-state index contributed by atoms with van der Waals surface area (Å²) in [6.07, 6.45) is 0.168. The molecule has 0 aromatic heterocycles. The van der Waals surface area contributed by atoms with Crippen molar-refractivity contribution in [2.75, 3.05) is 31.4 Å². The summed E-state index contributed by atoms with van der Waals surface area (Å²) in [6, 6.07) is 0. The Morgan fingerprint density at radius 2 is 1.03 bits per heavy atom. The SMILES string of the molecule is CCCCP(CCCC)(CCCC)(C[Si](C)(C)OC)N(S(=O)(=O)C(F)(F)F)S(=O)(=O)C(F)(F)F. The maximum atomic E-state index is 13.9. The molecule has 0 aromatic carbocycles. The first kappa shape index (κ1) is 34.0. The van der Waals surface area contributed by atoms with Crippen molar-refractivity contribution in [2.24, 2.45) is 0 Å². The molecule has 0 bridgehead atoms. The Balaban J connectivity index is 8.13. The second kappa shape index (κ2) is 11.6. The van der Waals surface area contributed by atoms with E-state index in [2.05, 4.69) is 0 Å². The Labute approximate surface area is 201 Å². The molecule has 0 aliphatic rings. The van der Waals surface area contributed by atoms with Gasteiger partial charge in [-0.3, -0.25) is 0 Å². The first-order valence-electron chi connectivity index (χ1n) is 11.1. The van der Waals surface area contributed by atoms with Crippen LogP contribution < -0.4 is 0 Å². The van der Waals surface area contributed by atoms with E-state index in [4.69, 9.17) is 4.43 Å². The van der Waals surface area contributed by atoms with Crippen LogP contribution in [0, 0.1) is 0 Å². The molecule has 0 aliphatic heterocycles. The van der Waals surface area contributed by atoms with Gasteiger partial charge >= 0.3 is 201 Å². The van der Waals surface area contributed by atoms with E-state index in [-0.39, 0.29) is 37.7 Å². The van der Waals surface area contributed by atoms with Crippen LogP contribution in [-0.4, -0.2) is 71.0 Å². The van der Waals surface area contributed by atoms with Crippen molar-refractivity contribution < 1.29 is 47.6 Å². The zero-order valence-corrected chi connectivity index (χ0v) is 24.1. The van der Waals surface area contributed by atoms with Crippen LogP contribution in [0.15, 0.2) is 0 Å². The molecule has 0 spiro atoms. The van der Waals surface area contributed by atoms with Gasteiger partial charge in [0.15, 0.2) is 0 Å². The summed E-state index contributed by atoms with van der Waals surface area (Å²) in [7, 11) is -15.7. The van der Waals surface area contributed by atoms with Gasteiger partial charge in [-0.05, 0) is 0 Å². The van der Waals surface area contributed by atoms with Gasteiger partial charge < -0.3 is 0 Å². The Morgan fingerprint density at radius 1 is 0.735 bits per heavy atom. The van der Waals surface area contributed by atoms with Crippen molar-refractivity contribution in [3.8, 4) is 0 Å². The van der Waals surface area contributed by atoms with E-state index in [9.17, 15) is 43.2 Å². The number of nitrogens with zero attached hydrogens (tertiary/aromatic N) is 1. The molecule has 6 nitrogen and oxygen atoms in total. The summed E-state index contributed by atoms with van der Waals surface area (Å²) in [5.41, 5.74) is -12.5. The third-order valence-electron chi connectivity index (χ3n) is 6.06. The third-order valence-corrected chi connectivity index (χ3v) is 26.0. The monoisotopic (exact) mass is 585 g/mol. The normalized spacial score (nSPS) is 16.0. The number of alkyl halides is 6. The first-order valence-corrected chi connectivity index (χ1v) is 20.1. The Morgan fingerprint density at radius 3 is 1.24 bits per heavy atom. The topological polar surface area (TPSA) is 80.8 Å². The molecule has 34 heavy (non-hydrogen) atoms. The van der Waals surface area contributed by atoms with Crippen LogP contribution >= 0.6 is 6.75 Å². The van der Waals surface area contributed by atoms with E-state index in [1.54, 1.807) is 33.9 Å². The molecule has 0 saturated heterocycles. The van der Waals surface area contributed by atoms with Crippen molar-refractivity contribution in [2.45, 2.75) is 83.4 Å². The molecular formula is C18H38F6NO5PS2Si. The van der Waals surface area contributed by atoms with Gasteiger partial charge in [-0.2, -0.15) is 0 Å². The Hall–Kier alpha value is 0.0469. The van der Waals surface area contributed by atoms with Crippen LogP contribution in [0.1, 0.15) is 59.3 Å². The Kier molecular flexibility index (Phi) is 11.6. The average Bonchev–Trinajstić information content (AvgIpc) is 2.67. The fraction of sp³-hybridized carbons (Fsp3) is 1.00. The van der Waals surface area contributed by atoms with Gasteiger partial charge in [-0.1, -0.05) is 0 Å². The van der Waals surface area contributed by atoms with E-state index in [0.29, 0.717) is 19.3 Å². The predicted molar refractivity (Wildman–Crippen MR) is 127 cm³/mol. The van der Waals surface area contributed by atoms with Crippen molar-refractivity contribution >= 4 is 35.1 Å². The fourth-order valence-corrected chi connectivity index (χ4v) is 29.6. The number of rotatable bonds is 15. The average molecular weight is 586 g/mol. The predicted octanol–water partition coefficient (Wildman–Crippen LogP) is 6.25. The molecule has 0 aliphatic carbocycles. The fourth-order valence-electron chi connectivity index (χ4n) is 4.52. The summed E-state index contributed by atoms with van der Waals surface area (Å²) < 4.78 is 140. The second-order valence-corrected chi connectivity index (χ2v) is 24.4. The molecule has 0 unspecified atom stereocenters. The van der Waals surface area contributed by atoms with E-state index in [0.717, 1.165) is 0 Å². The van der Waals surface area contributed by atoms with Gasteiger partial charge in [0, 0.05) is 0 Å². The number of hydrogen-bond donors (Lipinski definition) is 0. The first-order chi connectivity index (χ1) is 15.1. The molecule has 0 amide bonds. The summed E-state index contributed by atoms with van der Waals surface area (Å²) >= 11 is 0. The maximum absolute atomic E-state index is 13.9. The zero-order valence-electron chi connectivity index (χ0n) is 20.6. The Bertz CT molecular complexity index is 810. The zero-order chi connectivity index (χ0) is 27.3. The molecule has 0 heterocycles. The standard InChI is InChI=1S/C18H38F6NO5PS2Si/c1-7-10-13-31(14-11-8-2,15-12-9-3,16-34(5,6)30-4)25(32(26,27)17(19,20)21)33(28,29)18(22,23)24/h7-16H2,1-6H3. The summed E-state index contributed by atoms with van der Waals surface area (Å²) in [5, 5.41) is 0. The molecular weight excluding hydrogens is 547 g/mol. The van der Waals surface area contributed by atoms with Gasteiger partial charge in [0.25, 0.3) is 0 Å². The van der Waals surface area contributed by atoms with Crippen LogP contribution in [0.2, 0.25) is 13.1 Å². The molecule has 16 heteroatoms. The molecule has 0 saturated carbocycles. The van der Waals surface area contributed by atoms with Crippen molar-refractivity contribution in [1.29, 1.82) is 0 Å². The van der Waals surface area contributed by atoms with E-state index < -0.39 is 55.4 Å². The van der Waals surface area contributed by atoms with Crippen molar-refractivity contribution in [1.82, 2.24) is 3.48 Å². The number of hydrogen-bond acceptors (Lipinski definition) is 5. The number of unbranched alkanes of at least 4 members (excludes halogenated alkanes) is 3. The van der Waals surface area contributed by atoms with Gasteiger partial charge in [0.2, 0.25) is 0 Å². The summed E-state index contributed by atoms with van der Waals surface area (Å²) in [6.45, 7) is 3.02. The van der Waals surface area contributed by atoms with E-state index in [1.807, 2.05) is 0 Å². The van der Waals surface area contributed by atoms with Crippen LogP contribution in [0.5, 0.6) is 0 Å². The van der Waals surface area contributed by atoms with Gasteiger partial charge in [-0.15, -0.1) is 0 Å². The molecule has 0 N–H and O–H groups in total.